The first kappa shape index (κ1) is 15.0. The Morgan fingerprint density at radius 3 is 2.35 bits per heavy atom. The number of hydrogen-bond acceptors (Lipinski definition) is 2. The van der Waals surface area contributed by atoms with Crippen LogP contribution in [0.15, 0.2) is 72.8 Å². The minimum Gasteiger partial charge on any atom is -0.258 e. The fraction of sp³-hybridized carbons (Fsp3) is 0.100. The van der Waals surface area contributed by atoms with E-state index in [4.69, 9.17) is 0 Å². The molecule has 0 radical (unpaired) electrons. The summed E-state index contributed by atoms with van der Waals surface area (Å²) in [5, 5.41) is 11.3. The summed E-state index contributed by atoms with van der Waals surface area (Å²) in [5.41, 5.74) is 4.95. The lowest BCUT2D eigenvalue weighted by molar-refractivity contribution is -0.384. The molecule has 3 rings (SSSR count). The van der Waals surface area contributed by atoms with E-state index < -0.39 is 0 Å². The standard InChI is InChI=1S/C20H17NO2/c1-15-10-11-19(20(12-15)21(22)23)18-9-5-8-17(14-18)13-16-6-3-2-4-7-16/h2-12,14H,13H2,1H3. The number of nitrogens with zero attached hydrogens (tertiary/aromatic N) is 1. The van der Waals surface area contributed by atoms with Gasteiger partial charge in [0.25, 0.3) is 5.69 Å². The zero-order valence-electron chi connectivity index (χ0n) is 12.9. The van der Waals surface area contributed by atoms with Gasteiger partial charge in [0.15, 0.2) is 0 Å². The molecular formula is C20H17NO2. The van der Waals surface area contributed by atoms with Crippen LogP contribution in [-0.2, 0) is 6.42 Å². The van der Waals surface area contributed by atoms with Gasteiger partial charge in [-0.2, -0.15) is 0 Å². The Labute approximate surface area is 135 Å². The van der Waals surface area contributed by atoms with E-state index in [0.29, 0.717) is 5.56 Å². The molecule has 0 aliphatic rings. The van der Waals surface area contributed by atoms with Crippen LogP contribution in [0.5, 0.6) is 0 Å². The van der Waals surface area contributed by atoms with Gasteiger partial charge in [0, 0.05) is 6.07 Å². The highest BCUT2D eigenvalue weighted by Crippen LogP contribution is 2.31. The van der Waals surface area contributed by atoms with Crippen LogP contribution in [0.4, 0.5) is 5.69 Å². The van der Waals surface area contributed by atoms with Gasteiger partial charge < -0.3 is 0 Å². The molecule has 3 nitrogen and oxygen atoms in total. The van der Waals surface area contributed by atoms with E-state index in [1.54, 1.807) is 6.07 Å². The molecule has 3 aromatic rings. The first-order valence-corrected chi connectivity index (χ1v) is 7.52. The van der Waals surface area contributed by atoms with Crippen LogP contribution in [0.3, 0.4) is 0 Å². The van der Waals surface area contributed by atoms with E-state index in [-0.39, 0.29) is 10.6 Å². The monoisotopic (exact) mass is 303 g/mol. The molecule has 0 aliphatic carbocycles. The molecule has 0 saturated heterocycles. The average molecular weight is 303 g/mol. The summed E-state index contributed by atoms with van der Waals surface area (Å²) in [6.07, 6.45) is 0.814. The third-order valence-electron chi connectivity index (χ3n) is 3.84. The van der Waals surface area contributed by atoms with Crippen molar-refractivity contribution in [2.75, 3.05) is 0 Å². The van der Waals surface area contributed by atoms with E-state index in [2.05, 4.69) is 18.2 Å². The first-order valence-electron chi connectivity index (χ1n) is 7.52. The van der Waals surface area contributed by atoms with Crippen molar-refractivity contribution in [3.63, 3.8) is 0 Å². The summed E-state index contributed by atoms with van der Waals surface area (Å²) in [5.74, 6) is 0. The minimum atomic E-state index is -0.313. The molecule has 0 atom stereocenters. The highest BCUT2D eigenvalue weighted by atomic mass is 16.6. The Kier molecular flexibility index (Phi) is 4.20. The predicted molar refractivity (Wildman–Crippen MR) is 92.5 cm³/mol. The molecule has 0 spiro atoms. The molecular weight excluding hydrogens is 286 g/mol. The van der Waals surface area contributed by atoms with Crippen molar-refractivity contribution in [2.24, 2.45) is 0 Å². The minimum absolute atomic E-state index is 0.155. The summed E-state index contributed by atoms with van der Waals surface area (Å²) in [4.78, 5) is 11.0. The smallest absolute Gasteiger partial charge is 0.258 e. The van der Waals surface area contributed by atoms with Crippen molar-refractivity contribution < 1.29 is 4.92 Å². The number of nitro benzene ring substituents is 1. The topological polar surface area (TPSA) is 43.1 Å². The van der Waals surface area contributed by atoms with Gasteiger partial charge in [0.1, 0.15) is 0 Å². The highest BCUT2D eigenvalue weighted by Gasteiger charge is 2.15. The van der Waals surface area contributed by atoms with E-state index in [0.717, 1.165) is 23.1 Å². The third-order valence-corrected chi connectivity index (χ3v) is 3.84. The van der Waals surface area contributed by atoms with Gasteiger partial charge in [-0.25, -0.2) is 0 Å². The van der Waals surface area contributed by atoms with E-state index in [1.807, 2.05) is 55.5 Å². The van der Waals surface area contributed by atoms with Gasteiger partial charge in [-0.1, -0.05) is 60.7 Å². The molecule has 0 saturated carbocycles. The quantitative estimate of drug-likeness (QED) is 0.493. The zero-order chi connectivity index (χ0) is 16.2. The van der Waals surface area contributed by atoms with Crippen LogP contribution in [0.2, 0.25) is 0 Å². The van der Waals surface area contributed by atoms with Crippen LogP contribution >= 0.6 is 0 Å². The lowest BCUT2D eigenvalue weighted by atomic mass is 9.97. The largest absolute Gasteiger partial charge is 0.277 e. The number of nitro groups is 1. The second-order valence-electron chi connectivity index (χ2n) is 5.64. The molecule has 3 heteroatoms. The number of rotatable bonds is 4. The summed E-state index contributed by atoms with van der Waals surface area (Å²) < 4.78 is 0. The molecule has 0 heterocycles. The molecule has 0 unspecified atom stereocenters. The normalized spacial score (nSPS) is 10.5. The number of aryl methyl sites for hydroxylation is 1. The molecule has 0 N–H and O–H groups in total. The zero-order valence-corrected chi connectivity index (χ0v) is 12.9. The molecule has 0 amide bonds. The summed E-state index contributed by atoms with van der Waals surface area (Å²) >= 11 is 0. The molecule has 0 bridgehead atoms. The van der Waals surface area contributed by atoms with E-state index >= 15 is 0 Å². The maximum absolute atomic E-state index is 11.3. The lowest BCUT2D eigenvalue weighted by Crippen LogP contribution is -1.94. The fourth-order valence-corrected chi connectivity index (χ4v) is 2.72. The van der Waals surface area contributed by atoms with Crippen LogP contribution in [-0.4, -0.2) is 4.92 Å². The Morgan fingerprint density at radius 2 is 1.61 bits per heavy atom. The third kappa shape index (κ3) is 3.46. The van der Waals surface area contributed by atoms with Crippen LogP contribution in [0.25, 0.3) is 11.1 Å². The molecule has 0 aromatic heterocycles. The molecule has 23 heavy (non-hydrogen) atoms. The number of benzene rings is 3. The maximum atomic E-state index is 11.3. The first-order chi connectivity index (χ1) is 11.1. The van der Waals surface area contributed by atoms with Gasteiger partial charge in [0.05, 0.1) is 10.5 Å². The summed E-state index contributed by atoms with van der Waals surface area (Å²) in [7, 11) is 0. The molecule has 0 fully saturated rings. The number of hydrogen-bond donors (Lipinski definition) is 0. The van der Waals surface area contributed by atoms with E-state index in [1.165, 1.54) is 5.56 Å². The van der Waals surface area contributed by atoms with Gasteiger partial charge in [0.2, 0.25) is 0 Å². The van der Waals surface area contributed by atoms with Crippen molar-refractivity contribution >= 4 is 5.69 Å². The van der Waals surface area contributed by atoms with Gasteiger partial charge in [-0.05, 0) is 41.7 Å². The summed E-state index contributed by atoms with van der Waals surface area (Å²) in [6.45, 7) is 1.86. The van der Waals surface area contributed by atoms with Crippen molar-refractivity contribution in [3.8, 4) is 11.1 Å². The SMILES string of the molecule is Cc1ccc(-c2cccc(Cc3ccccc3)c2)c([N+](=O)[O-])c1. The van der Waals surface area contributed by atoms with Crippen molar-refractivity contribution in [2.45, 2.75) is 13.3 Å². The van der Waals surface area contributed by atoms with Crippen molar-refractivity contribution in [3.05, 3.63) is 99.6 Å². The highest BCUT2D eigenvalue weighted by molar-refractivity contribution is 5.74. The lowest BCUT2D eigenvalue weighted by Gasteiger charge is -2.07. The van der Waals surface area contributed by atoms with Crippen molar-refractivity contribution in [1.29, 1.82) is 0 Å². The molecule has 114 valence electrons. The predicted octanol–water partition coefficient (Wildman–Crippen LogP) is 5.16. The second-order valence-corrected chi connectivity index (χ2v) is 5.64. The average Bonchev–Trinajstić information content (AvgIpc) is 2.56. The van der Waals surface area contributed by atoms with Gasteiger partial charge >= 0.3 is 0 Å². The van der Waals surface area contributed by atoms with Crippen molar-refractivity contribution in [1.82, 2.24) is 0 Å². The fourth-order valence-electron chi connectivity index (χ4n) is 2.72. The molecule has 3 aromatic carbocycles. The Balaban J connectivity index is 1.99. The van der Waals surface area contributed by atoms with Crippen LogP contribution < -0.4 is 0 Å². The van der Waals surface area contributed by atoms with Crippen LogP contribution in [0.1, 0.15) is 16.7 Å². The summed E-state index contributed by atoms with van der Waals surface area (Å²) in [6, 6.07) is 23.5. The van der Waals surface area contributed by atoms with Gasteiger partial charge in [-0.15, -0.1) is 0 Å². The Hall–Kier alpha value is -2.94. The Morgan fingerprint density at radius 1 is 0.870 bits per heavy atom. The molecule has 0 aliphatic heterocycles. The van der Waals surface area contributed by atoms with Crippen LogP contribution in [0, 0.1) is 17.0 Å². The Bertz CT molecular complexity index is 841. The van der Waals surface area contributed by atoms with Gasteiger partial charge in [-0.3, -0.25) is 10.1 Å². The maximum Gasteiger partial charge on any atom is 0.277 e. The second kappa shape index (κ2) is 6.44. The van der Waals surface area contributed by atoms with E-state index in [9.17, 15) is 10.1 Å².